The van der Waals surface area contributed by atoms with Gasteiger partial charge in [0, 0.05) is 19.6 Å². The zero-order valence-corrected chi connectivity index (χ0v) is 13.8. The quantitative estimate of drug-likeness (QED) is 0.815. The van der Waals surface area contributed by atoms with Crippen molar-refractivity contribution in [2.45, 2.75) is 13.0 Å². The van der Waals surface area contributed by atoms with Crippen molar-refractivity contribution in [2.75, 3.05) is 52.5 Å². The maximum atomic E-state index is 12.1. The molecule has 3 rings (SSSR count). The van der Waals surface area contributed by atoms with E-state index in [2.05, 4.69) is 10.2 Å². The number of furan rings is 1. The van der Waals surface area contributed by atoms with Crippen LogP contribution in [0.4, 0.5) is 4.79 Å². The fraction of sp³-hybridized carbons (Fsp3) is 0.625. The zero-order valence-electron chi connectivity index (χ0n) is 13.8. The minimum atomic E-state index is -0.434. The van der Waals surface area contributed by atoms with Gasteiger partial charge in [-0.1, -0.05) is 0 Å². The molecule has 8 heteroatoms. The van der Waals surface area contributed by atoms with Crippen molar-refractivity contribution in [3.63, 3.8) is 0 Å². The molecule has 1 aromatic heterocycles. The standard InChI is InChI=1S/C16H23N3O5/c1-12-2-3-14(24-12)13(18-4-7-22-8-5-18)10-17-15(20)11-19-6-9-23-16(19)21/h2-3,13H,4-11H2,1H3,(H,17,20)/t13-/m1/s1. The van der Waals surface area contributed by atoms with Crippen molar-refractivity contribution in [3.8, 4) is 0 Å². The molecule has 0 aromatic carbocycles. The summed E-state index contributed by atoms with van der Waals surface area (Å²) in [5, 5.41) is 2.90. The predicted molar refractivity (Wildman–Crippen MR) is 84.5 cm³/mol. The third kappa shape index (κ3) is 4.07. The molecular weight excluding hydrogens is 314 g/mol. The second kappa shape index (κ2) is 7.67. The number of amides is 2. The molecule has 1 atom stereocenters. The van der Waals surface area contributed by atoms with E-state index >= 15 is 0 Å². The summed E-state index contributed by atoms with van der Waals surface area (Å²) in [6, 6.07) is 3.82. The first-order valence-electron chi connectivity index (χ1n) is 8.20. The van der Waals surface area contributed by atoms with Gasteiger partial charge in [-0.3, -0.25) is 14.6 Å². The number of morpholine rings is 1. The maximum Gasteiger partial charge on any atom is 0.410 e. The van der Waals surface area contributed by atoms with Crippen LogP contribution in [0.1, 0.15) is 17.6 Å². The highest BCUT2D eigenvalue weighted by Crippen LogP contribution is 2.23. The Bertz CT molecular complexity index is 582. The molecule has 2 aliphatic heterocycles. The lowest BCUT2D eigenvalue weighted by Crippen LogP contribution is -2.45. The minimum Gasteiger partial charge on any atom is -0.465 e. The largest absolute Gasteiger partial charge is 0.465 e. The normalized spacial score (nSPS) is 20.0. The van der Waals surface area contributed by atoms with Gasteiger partial charge in [0.15, 0.2) is 0 Å². The van der Waals surface area contributed by atoms with Gasteiger partial charge >= 0.3 is 6.09 Å². The van der Waals surface area contributed by atoms with Crippen LogP contribution in [0.15, 0.2) is 16.5 Å². The van der Waals surface area contributed by atoms with Crippen molar-refractivity contribution in [2.24, 2.45) is 0 Å². The van der Waals surface area contributed by atoms with Gasteiger partial charge in [0.1, 0.15) is 24.7 Å². The molecule has 1 aromatic rings. The Morgan fingerprint density at radius 1 is 1.25 bits per heavy atom. The number of nitrogens with one attached hydrogen (secondary N) is 1. The molecule has 2 amide bonds. The van der Waals surface area contributed by atoms with E-state index in [9.17, 15) is 9.59 Å². The van der Waals surface area contributed by atoms with E-state index in [0.717, 1.165) is 24.6 Å². The molecule has 132 valence electrons. The Morgan fingerprint density at radius 3 is 2.67 bits per heavy atom. The highest BCUT2D eigenvalue weighted by molar-refractivity contribution is 5.82. The smallest absolute Gasteiger partial charge is 0.410 e. The monoisotopic (exact) mass is 337 g/mol. The van der Waals surface area contributed by atoms with Crippen molar-refractivity contribution < 1.29 is 23.5 Å². The molecule has 2 fully saturated rings. The van der Waals surface area contributed by atoms with Gasteiger partial charge in [-0.25, -0.2) is 4.79 Å². The highest BCUT2D eigenvalue weighted by Gasteiger charge is 2.27. The summed E-state index contributed by atoms with van der Waals surface area (Å²) >= 11 is 0. The molecule has 0 aliphatic carbocycles. The fourth-order valence-corrected chi connectivity index (χ4v) is 2.94. The van der Waals surface area contributed by atoms with Crippen LogP contribution in [0.25, 0.3) is 0 Å². The van der Waals surface area contributed by atoms with Gasteiger partial charge < -0.3 is 19.2 Å². The molecule has 0 spiro atoms. The summed E-state index contributed by atoms with van der Waals surface area (Å²) < 4.78 is 16.0. The maximum absolute atomic E-state index is 12.1. The van der Waals surface area contributed by atoms with Crippen molar-refractivity contribution in [1.82, 2.24) is 15.1 Å². The Balaban J connectivity index is 1.59. The Kier molecular flexibility index (Phi) is 5.37. The Labute approximate surface area is 140 Å². The summed E-state index contributed by atoms with van der Waals surface area (Å²) in [6.45, 7) is 6.06. The van der Waals surface area contributed by atoms with Gasteiger partial charge in [0.25, 0.3) is 0 Å². The third-order valence-corrected chi connectivity index (χ3v) is 4.25. The summed E-state index contributed by atoms with van der Waals surface area (Å²) in [4.78, 5) is 27.2. The van der Waals surface area contributed by atoms with Crippen LogP contribution in [-0.4, -0.2) is 74.3 Å². The van der Waals surface area contributed by atoms with Crippen molar-refractivity contribution in [1.29, 1.82) is 0 Å². The molecular formula is C16H23N3O5. The van der Waals surface area contributed by atoms with Gasteiger partial charge in [-0.2, -0.15) is 0 Å². The summed E-state index contributed by atoms with van der Waals surface area (Å²) in [5.41, 5.74) is 0. The lowest BCUT2D eigenvalue weighted by molar-refractivity contribution is -0.122. The zero-order chi connectivity index (χ0) is 16.9. The minimum absolute atomic E-state index is 0.0197. The molecule has 8 nitrogen and oxygen atoms in total. The topological polar surface area (TPSA) is 84.3 Å². The van der Waals surface area contributed by atoms with Crippen LogP contribution in [-0.2, 0) is 14.3 Å². The van der Waals surface area contributed by atoms with Crippen LogP contribution >= 0.6 is 0 Å². The molecule has 0 unspecified atom stereocenters. The molecule has 0 radical (unpaired) electrons. The second-order valence-corrected chi connectivity index (χ2v) is 5.95. The van der Waals surface area contributed by atoms with E-state index in [4.69, 9.17) is 13.9 Å². The number of rotatable bonds is 6. The number of hydrogen-bond donors (Lipinski definition) is 1. The first-order chi connectivity index (χ1) is 11.6. The lowest BCUT2D eigenvalue weighted by atomic mass is 10.1. The van der Waals surface area contributed by atoms with Crippen LogP contribution in [0, 0.1) is 6.92 Å². The van der Waals surface area contributed by atoms with Gasteiger partial charge in [-0.15, -0.1) is 0 Å². The van der Waals surface area contributed by atoms with E-state index in [1.807, 2.05) is 19.1 Å². The van der Waals surface area contributed by atoms with E-state index in [-0.39, 0.29) is 18.5 Å². The Morgan fingerprint density at radius 2 is 2.04 bits per heavy atom. The molecule has 3 heterocycles. The third-order valence-electron chi connectivity index (χ3n) is 4.25. The van der Waals surface area contributed by atoms with Crippen molar-refractivity contribution in [3.05, 3.63) is 23.7 Å². The second-order valence-electron chi connectivity index (χ2n) is 5.95. The van der Waals surface area contributed by atoms with E-state index < -0.39 is 6.09 Å². The van der Waals surface area contributed by atoms with Crippen LogP contribution in [0.5, 0.6) is 0 Å². The summed E-state index contributed by atoms with van der Waals surface area (Å²) in [6.07, 6.45) is -0.434. The number of carbonyl (C=O) groups is 2. The highest BCUT2D eigenvalue weighted by atomic mass is 16.6. The average Bonchev–Trinajstić information content (AvgIpc) is 3.18. The number of aryl methyl sites for hydroxylation is 1. The lowest BCUT2D eigenvalue weighted by Gasteiger charge is -2.33. The molecule has 0 bridgehead atoms. The van der Waals surface area contributed by atoms with Crippen molar-refractivity contribution >= 4 is 12.0 Å². The number of carbonyl (C=O) groups excluding carboxylic acids is 2. The number of nitrogens with zero attached hydrogens (tertiary/aromatic N) is 2. The fourth-order valence-electron chi connectivity index (χ4n) is 2.94. The van der Waals surface area contributed by atoms with Gasteiger partial charge in [0.05, 0.1) is 25.8 Å². The van der Waals surface area contributed by atoms with Gasteiger partial charge in [-0.05, 0) is 19.1 Å². The van der Waals surface area contributed by atoms with Crippen LogP contribution < -0.4 is 5.32 Å². The molecule has 0 saturated carbocycles. The SMILES string of the molecule is Cc1ccc([C@@H](CNC(=O)CN2CCOC2=O)N2CCOCC2)o1. The number of ether oxygens (including phenoxy) is 2. The van der Waals surface area contributed by atoms with Crippen LogP contribution in [0.3, 0.4) is 0 Å². The predicted octanol–water partition coefficient (Wildman–Crippen LogP) is 0.530. The molecule has 2 saturated heterocycles. The average molecular weight is 337 g/mol. The first kappa shape index (κ1) is 16.8. The van der Waals surface area contributed by atoms with E-state index in [1.165, 1.54) is 4.90 Å². The molecule has 1 N–H and O–H groups in total. The number of hydrogen-bond acceptors (Lipinski definition) is 6. The molecule has 24 heavy (non-hydrogen) atoms. The summed E-state index contributed by atoms with van der Waals surface area (Å²) in [5.74, 6) is 1.47. The summed E-state index contributed by atoms with van der Waals surface area (Å²) in [7, 11) is 0. The van der Waals surface area contributed by atoms with E-state index in [1.54, 1.807) is 0 Å². The van der Waals surface area contributed by atoms with E-state index in [0.29, 0.717) is 32.9 Å². The van der Waals surface area contributed by atoms with Gasteiger partial charge in [0.2, 0.25) is 5.91 Å². The first-order valence-corrected chi connectivity index (χ1v) is 8.20. The molecule has 2 aliphatic rings. The Hall–Kier alpha value is -2.06. The van der Waals surface area contributed by atoms with Crippen LogP contribution in [0.2, 0.25) is 0 Å². The number of cyclic esters (lactones) is 1.